The molecule has 1 N–H and O–H groups in total. The molecule has 0 radical (unpaired) electrons. The molecule has 0 amide bonds. The summed E-state index contributed by atoms with van der Waals surface area (Å²) in [6.45, 7) is 3.67. The Hall–Kier alpha value is -4.47. The Morgan fingerprint density at radius 1 is 0.805 bits per heavy atom. The molecule has 41 heavy (non-hydrogen) atoms. The molecular weight excluding hydrogens is 534 g/mol. The van der Waals surface area contributed by atoms with Crippen molar-refractivity contribution in [2.24, 2.45) is 0 Å². The average Bonchev–Trinajstić information content (AvgIpc) is 2.98. The molecule has 208 valence electrons. The van der Waals surface area contributed by atoms with Crippen LogP contribution in [-0.4, -0.2) is 48.5 Å². The van der Waals surface area contributed by atoms with E-state index in [2.05, 4.69) is 10.2 Å². The van der Waals surface area contributed by atoms with Crippen molar-refractivity contribution in [2.45, 2.75) is 12.7 Å². The SMILES string of the molecule is Cc1cc(N2CCN(S(=O)(=O)Cc3ccccc3)CC2)nc2c1c(=O)cc(Nc1ccccc1)n2-c1ccccc1. The van der Waals surface area contributed by atoms with Crippen LogP contribution in [0.2, 0.25) is 0 Å². The van der Waals surface area contributed by atoms with Gasteiger partial charge in [0.1, 0.15) is 11.6 Å². The summed E-state index contributed by atoms with van der Waals surface area (Å²) in [6, 6.07) is 32.4. The summed E-state index contributed by atoms with van der Waals surface area (Å²) in [4.78, 5) is 20.5. The summed E-state index contributed by atoms with van der Waals surface area (Å²) < 4.78 is 29.7. The normalized spacial score (nSPS) is 14.3. The molecule has 0 bridgehead atoms. The Labute approximate surface area is 239 Å². The van der Waals surface area contributed by atoms with Gasteiger partial charge >= 0.3 is 0 Å². The van der Waals surface area contributed by atoms with Crippen molar-refractivity contribution in [3.63, 3.8) is 0 Å². The monoisotopic (exact) mass is 565 g/mol. The van der Waals surface area contributed by atoms with E-state index in [0.717, 1.165) is 28.3 Å². The van der Waals surface area contributed by atoms with Crippen LogP contribution in [0.15, 0.2) is 108 Å². The van der Waals surface area contributed by atoms with Crippen LogP contribution in [0, 0.1) is 6.92 Å². The quantitative estimate of drug-likeness (QED) is 0.296. The molecule has 0 saturated carbocycles. The number of aromatic nitrogens is 2. The van der Waals surface area contributed by atoms with Crippen LogP contribution in [0.3, 0.4) is 0 Å². The van der Waals surface area contributed by atoms with Crippen molar-refractivity contribution in [1.29, 1.82) is 0 Å². The van der Waals surface area contributed by atoms with Gasteiger partial charge in [-0.3, -0.25) is 9.36 Å². The number of piperazine rings is 1. The standard InChI is InChI=1S/C32H31N5O3S/c1-24-21-29(35-17-19-36(20-18-35)41(39,40)23-25-11-5-2-6-12-25)34-32-31(24)28(38)22-30(33-26-13-7-3-8-14-26)37(32)27-15-9-4-10-16-27/h2-16,21-22,33H,17-20,23H2,1H3. The van der Waals surface area contributed by atoms with Crippen molar-refractivity contribution < 1.29 is 8.42 Å². The summed E-state index contributed by atoms with van der Waals surface area (Å²) in [5.41, 5.74) is 3.77. The molecule has 8 nitrogen and oxygen atoms in total. The molecule has 9 heteroatoms. The first-order valence-corrected chi connectivity index (χ1v) is 15.2. The Morgan fingerprint density at radius 2 is 1.41 bits per heavy atom. The van der Waals surface area contributed by atoms with Gasteiger partial charge in [-0.15, -0.1) is 0 Å². The highest BCUT2D eigenvalue weighted by atomic mass is 32.2. The van der Waals surface area contributed by atoms with Gasteiger partial charge in [0.25, 0.3) is 0 Å². The molecule has 3 aromatic carbocycles. The van der Waals surface area contributed by atoms with E-state index in [9.17, 15) is 13.2 Å². The maximum absolute atomic E-state index is 13.4. The number of pyridine rings is 2. The number of sulfonamides is 1. The van der Waals surface area contributed by atoms with Crippen LogP contribution >= 0.6 is 0 Å². The predicted molar refractivity (Wildman–Crippen MR) is 165 cm³/mol. The maximum Gasteiger partial charge on any atom is 0.218 e. The van der Waals surface area contributed by atoms with Crippen LogP contribution in [0.1, 0.15) is 11.1 Å². The number of nitrogens with zero attached hydrogens (tertiary/aromatic N) is 4. The second-order valence-corrected chi connectivity index (χ2v) is 12.1. The molecule has 3 heterocycles. The number of aryl methyl sites for hydroxylation is 1. The van der Waals surface area contributed by atoms with Crippen molar-refractivity contribution in [1.82, 2.24) is 13.9 Å². The van der Waals surface area contributed by atoms with E-state index in [1.54, 1.807) is 10.4 Å². The highest BCUT2D eigenvalue weighted by Gasteiger charge is 2.28. The number of benzene rings is 3. The van der Waals surface area contributed by atoms with Gasteiger partial charge in [-0.2, -0.15) is 4.31 Å². The Balaban J connectivity index is 1.36. The molecule has 1 saturated heterocycles. The number of hydrogen-bond acceptors (Lipinski definition) is 6. The Kier molecular flexibility index (Phi) is 7.30. The lowest BCUT2D eigenvalue weighted by atomic mass is 10.1. The van der Waals surface area contributed by atoms with Gasteiger partial charge in [0.05, 0.1) is 11.1 Å². The van der Waals surface area contributed by atoms with Gasteiger partial charge in [0.15, 0.2) is 11.1 Å². The fourth-order valence-electron chi connectivity index (χ4n) is 5.31. The summed E-state index contributed by atoms with van der Waals surface area (Å²) in [5, 5.41) is 3.96. The number of fused-ring (bicyclic) bond motifs is 1. The van der Waals surface area contributed by atoms with Crippen LogP contribution in [0.25, 0.3) is 16.7 Å². The zero-order valence-corrected chi connectivity index (χ0v) is 23.6. The minimum atomic E-state index is -3.44. The highest BCUT2D eigenvalue weighted by molar-refractivity contribution is 7.88. The van der Waals surface area contributed by atoms with Gasteiger partial charge in [0.2, 0.25) is 10.0 Å². The third-order valence-corrected chi connectivity index (χ3v) is 9.21. The minimum absolute atomic E-state index is 0.0122. The molecule has 0 aliphatic carbocycles. The summed E-state index contributed by atoms with van der Waals surface area (Å²) in [6.07, 6.45) is 0. The van der Waals surface area contributed by atoms with Gasteiger partial charge in [-0.05, 0) is 48.4 Å². The lowest BCUT2D eigenvalue weighted by molar-refractivity contribution is 0.383. The third kappa shape index (κ3) is 5.59. The molecule has 2 aromatic heterocycles. The van der Waals surface area contributed by atoms with Gasteiger partial charge in [-0.1, -0.05) is 66.7 Å². The van der Waals surface area contributed by atoms with Crippen LogP contribution < -0.4 is 15.6 Å². The molecule has 1 fully saturated rings. The molecular formula is C32H31N5O3S. The zero-order chi connectivity index (χ0) is 28.4. The zero-order valence-electron chi connectivity index (χ0n) is 22.8. The van der Waals surface area contributed by atoms with E-state index in [1.807, 2.05) is 109 Å². The van der Waals surface area contributed by atoms with Crippen LogP contribution in [0.5, 0.6) is 0 Å². The summed E-state index contributed by atoms with van der Waals surface area (Å²) in [5.74, 6) is 1.32. The van der Waals surface area contributed by atoms with Crippen molar-refractivity contribution in [3.05, 3.63) is 124 Å². The van der Waals surface area contributed by atoms with E-state index in [1.165, 1.54) is 0 Å². The van der Waals surface area contributed by atoms with E-state index in [0.29, 0.717) is 43.0 Å². The fourth-order valence-corrected chi connectivity index (χ4v) is 6.83. The van der Waals surface area contributed by atoms with Crippen LogP contribution in [-0.2, 0) is 15.8 Å². The van der Waals surface area contributed by atoms with Crippen LogP contribution in [0.4, 0.5) is 17.3 Å². The van der Waals surface area contributed by atoms with E-state index >= 15 is 0 Å². The third-order valence-electron chi connectivity index (χ3n) is 7.36. The van der Waals surface area contributed by atoms with Crippen molar-refractivity contribution in [3.8, 4) is 5.69 Å². The average molecular weight is 566 g/mol. The fraction of sp³-hybridized carbons (Fsp3) is 0.188. The van der Waals surface area contributed by atoms with E-state index in [-0.39, 0.29) is 11.2 Å². The van der Waals surface area contributed by atoms with E-state index < -0.39 is 10.0 Å². The lowest BCUT2D eigenvalue weighted by Gasteiger charge is -2.35. The van der Waals surface area contributed by atoms with E-state index in [4.69, 9.17) is 4.98 Å². The molecule has 0 unspecified atom stereocenters. The second-order valence-electron chi connectivity index (χ2n) is 10.2. The number of hydrogen-bond donors (Lipinski definition) is 1. The van der Waals surface area contributed by atoms with Crippen molar-refractivity contribution >= 4 is 38.4 Å². The smallest absolute Gasteiger partial charge is 0.218 e. The first kappa shape index (κ1) is 26.7. The predicted octanol–water partition coefficient (Wildman–Crippen LogP) is 5.09. The summed E-state index contributed by atoms with van der Waals surface area (Å²) in [7, 11) is -3.44. The first-order chi connectivity index (χ1) is 19.9. The molecule has 1 aliphatic heterocycles. The van der Waals surface area contributed by atoms with Gasteiger partial charge in [-0.25, -0.2) is 13.4 Å². The topological polar surface area (TPSA) is 87.5 Å². The van der Waals surface area contributed by atoms with Gasteiger partial charge < -0.3 is 10.2 Å². The van der Waals surface area contributed by atoms with Gasteiger partial charge in [0, 0.05) is 43.6 Å². The highest BCUT2D eigenvalue weighted by Crippen LogP contribution is 2.28. The second kappa shape index (κ2) is 11.2. The number of nitrogens with one attached hydrogen (secondary N) is 1. The molecule has 1 aliphatic rings. The Bertz CT molecular complexity index is 1840. The number of anilines is 3. The Morgan fingerprint density at radius 3 is 2.07 bits per heavy atom. The molecule has 0 spiro atoms. The number of rotatable bonds is 7. The molecule has 0 atom stereocenters. The number of para-hydroxylation sites is 2. The molecule has 5 aromatic rings. The maximum atomic E-state index is 13.4. The molecule has 6 rings (SSSR count). The van der Waals surface area contributed by atoms with Crippen molar-refractivity contribution in [2.75, 3.05) is 36.4 Å². The minimum Gasteiger partial charge on any atom is -0.354 e. The lowest BCUT2D eigenvalue weighted by Crippen LogP contribution is -2.49. The largest absolute Gasteiger partial charge is 0.354 e. The first-order valence-electron chi connectivity index (χ1n) is 13.6. The summed E-state index contributed by atoms with van der Waals surface area (Å²) >= 11 is 0.